The van der Waals surface area contributed by atoms with Crippen LogP contribution in [0.4, 0.5) is 4.79 Å². The smallest absolute Gasteiger partial charge is 0.412 e. The molecule has 5 nitrogen and oxygen atoms in total. The Morgan fingerprint density at radius 2 is 1.65 bits per heavy atom. The zero-order valence-corrected chi connectivity index (χ0v) is 14.9. The molecule has 2 fully saturated rings. The van der Waals surface area contributed by atoms with Crippen LogP contribution in [-0.4, -0.2) is 47.1 Å². The van der Waals surface area contributed by atoms with Gasteiger partial charge in [0.15, 0.2) is 11.3 Å². The monoisotopic (exact) mass is 326 g/mol. The summed E-state index contributed by atoms with van der Waals surface area (Å²) in [4.78, 5) is 13.8. The summed E-state index contributed by atoms with van der Waals surface area (Å²) < 4.78 is 5.64. The first kappa shape index (κ1) is 18.5. The van der Waals surface area contributed by atoms with E-state index in [9.17, 15) is 9.90 Å². The van der Waals surface area contributed by atoms with Crippen LogP contribution in [0.15, 0.2) is 0 Å². The second-order valence-corrected chi connectivity index (χ2v) is 7.26. The van der Waals surface area contributed by atoms with E-state index >= 15 is 0 Å². The van der Waals surface area contributed by atoms with Crippen molar-refractivity contribution in [2.45, 2.75) is 89.4 Å². The molecule has 1 spiro atoms. The summed E-state index contributed by atoms with van der Waals surface area (Å²) in [6, 6.07) is 0. The third-order valence-electron chi connectivity index (χ3n) is 5.54. The number of carbonyl (C=O) groups excluding carboxylic acids is 1. The molecule has 2 aliphatic heterocycles. The van der Waals surface area contributed by atoms with Crippen LogP contribution >= 0.6 is 0 Å². The largest absolute Gasteiger partial charge is 0.437 e. The maximum absolute atomic E-state index is 12.2. The Labute approximate surface area is 140 Å². The van der Waals surface area contributed by atoms with E-state index in [0.29, 0.717) is 19.4 Å². The van der Waals surface area contributed by atoms with E-state index in [-0.39, 0.29) is 6.09 Å². The molecule has 2 heterocycles. The van der Waals surface area contributed by atoms with Crippen molar-refractivity contribution in [3.05, 3.63) is 0 Å². The van der Waals surface area contributed by atoms with Gasteiger partial charge in [0, 0.05) is 19.4 Å². The van der Waals surface area contributed by atoms with Gasteiger partial charge in [-0.3, -0.25) is 4.90 Å². The van der Waals surface area contributed by atoms with Gasteiger partial charge in [0.25, 0.3) is 0 Å². The summed E-state index contributed by atoms with van der Waals surface area (Å²) in [5.41, 5.74) is -1.91. The van der Waals surface area contributed by atoms with Crippen LogP contribution in [0.2, 0.25) is 0 Å². The predicted molar refractivity (Wildman–Crippen MR) is 91.3 cm³/mol. The zero-order valence-electron chi connectivity index (χ0n) is 14.9. The minimum Gasteiger partial charge on any atom is -0.437 e. The summed E-state index contributed by atoms with van der Waals surface area (Å²) in [5, 5.41) is 14.2. The van der Waals surface area contributed by atoms with Gasteiger partial charge in [-0.05, 0) is 26.4 Å². The molecular weight excluding hydrogens is 292 g/mol. The van der Waals surface area contributed by atoms with Gasteiger partial charge in [-0.25, -0.2) is 4.79 Å². The molecule has 1 atom stereocenters. The first-order chi connectivity index (χ1) is 11.0. The number of hydrogen-bond donors (Lipinski definition) is 2. The zero-order chi connectivity index (χ0) is 16.8. The molecule has 0 aliphatic carbocycles. The number of carbonyl (C=O) groups is 1. The normalized spacial score (nSPS) is 26.7. The Morgan fingerprint density at radius 1 is 1.09 bits per heavy atom. The van der Waals surface area contributed by atoms with Crippen LogP contribution in [0.1, 0.15) is 78.1 Å². The molecule has 0 bridgehead atoms. The minimum absolute atomic E-state index is 0.347. The second-order valence-electron chi connectivity index (χ2n) is 7.26. The van der Waals surface area contributed by atoms with Gasteiger partial charge in [-0.15, -0.1) is 0 Å². The van der Waals surface area contributed by atoms with Gasteiger partial charge in [0.2, 0.25) is 0 Å². The molecule has 134 valence electrons. The number of rotatable bonds is 9. The number of nitrogens with zero attached hydrogens (tertiary/aromatic N) is 1. The topological polar surface area (TPSA) is 61.8 Å². The Bertz CT molecular complexity index is 378. The molecule has 2 saturated heterocycles. The van der Waals surface area contributed by atoms with Crippen molar-refractivity contribution in [3.8, 4) is 0 Å². The van der Waals surface area contributed by atoms with Crippen molar-refractivity contribution in [2.24, 2.45) is 0 Å². The molecular formula is C18H34N2O3. The average Bonchev–Trinajstić information content (AvgIpc) is 2.70. The highest BCUT2D eigenvalue weighted by Crippen LogP contribution is 2.43. The van der Waals surface area contributed by atoms with E-state index in [1.807, 2.05) is 0 Å². The van der Waals surface area contributed by atoms with Crippen molar-refractivity contribution >= 4 is 6.09 Å². The van der Waals surface area contributed by atoms with Gasteiger partial charge in [-0.1, -0.05) is 51.9 Å². The quantitative estimate of drug-likeness (QED) is 0.637. The molecule has 0 aromatic rings. The molecule has 5 heteroatoms. The predicted octanol–water partition coefficient (Wildman–Crippen LogP) is 3.41. The molecule has 1 unspecified atom stereocenters. The molecule has 0 radical (unpaired) electrons. The summed E-state index contributed by atoms with van der Waals surface area (Å²) in [5.74, 6) is 0. The number of nitrogens with one attached hydrogen (secondary N) is 1. The van der Waals surface area contributed by atoms with Crippen LogP contribution in [-0.2, 0) is 4.74 Å². The standard InChI is InChI=1S/C18H34N2O3/c1-3-4-5-6-7-8-9-10-15-20-16(21)23-18(17(20,2)22)11-13-19-14-12-18/h19,22H,3-15H2,1-2H3. The van der Waals surface area contributed by atoms with Crippen LogP contribution in [0, 0.1) is 0 Å². The summed E-state index contributed by atoms with van der Waals surface area (Å²) in [6.07, 6.45) is 10.8. The van der Waals surface area contributed by atoms with Crippen molar-refractivity contribution in [2.75, 3.05) is 19.6 Å². The number of amides is 1. The van der Waals surface area contributed by atoms with E-state index in [1.54, 1.807) is 11.8 Å². The third kappa shape index (κ3) is 4.18. The fourth-order valence-electron chi connectivity index (χ4n) is 3.86. The Balaban J connectivity index is 1.73. The van der Waals surface area contributed by atoms with Crippen LogP contribution < -0.4 is 5.32 Å². The van der Waals surface area contributed by atoms with Crippen LogP contribution in [0.25, 0.3) is 0 Å². The number of piperidine rings is 1. The maximum Gasteiger partial charge on any atom is 0.412 e. The molecule has 2 rings (SSSR count). The Kier molecular flexibility index (Phi) is 6.72. The fraction of sp³-hybridized carbons (Fsp3) is 0.944. The molecule has 0 aromatic heterocycles. The van der Waals surface area contributed by atoms with Gasteiger partial charge in [0.05, 0.1) is 0 Å². The molecule has 2 aliphatic rings. The lowest BCUT2D eigenvalue weighted by atomic mass is 9.82. The van der Waals surface area contributed by atoms with E-state index in [2.05, 4.69) is 12.2 Å². The second kappa shape index (κ2) is 8.34. The molecule has 23 heavy (non-hydrogen) atoms. The highest BCUT2D eigenvalue weighted by atomic mass is 16.6. The fourth-order valence-corrected chi connectivity index (χ4v) is 3.86. The Hall–Kier alpha value is -0.810. The lowest BCUT2D eigenvalue weighted by Crippen LogP contribution is -2.60. The van der Waals surface area contributed by atoms with Crippen LogP contribution in [0.5, 0.6) is 0 Å². The molecule has 0 aromatic carbocycles. The first-order valence-electron chi connectivity index (χ1n) is 9.47. The van der Waals surface area contributed by atoms with Gasteiger partial charge < -0.3 is 15.2 Å². The SMILES string of the molecule is CCCCCCCCCCN1C(=O)OC2(CCNCC2)C1(C)O. The molecule has 0 saturated carbocycles. The lowest BCUT2D eigenvalue weighted by Gasteiger charge is -2.42. The maximum atomic E-state index is 12.2. The Morgan fingerprint density at radius 3 is 2.26 bits per heavy atom. The molecule has 1 amide bonds. The van der Waals surface area contributed by atoms with E-state index in [1.165, 1.54) is 38.5 Å². The highest BCUT2D eigenvalue weighted by Gasteiger charge is 2.61. The van der Waals surface area contributed by atoms with Gasteiger partial charge >= 0.3 is 6.09 Å². The summed E-state index contributed by atoms with van der Waals surface area (Å²) in [7, 11) is 0. The van der Waals surface area contributed by atoms with Gasteiger partial charge in [-0.2, -0.15) is 0 Å². The number of hydrogen-bond acceptors (Lipinski definition) is 4. The van der Waals surface area contributed by atoms with E-state index in [0.717, 1.165) is 25.9 Å². The summed E-state index contributed by atoms with van der Waals surface area (Å²) in [6.45, 7) is 6.14. The van der Waals surface area contributed by atoms with Crippen molar-refractivity contribution in [3.63, 3.8) is 0 Å². The van der Waals surface area contributed by atoms with Crippen molar-refractivity contribution < 1.29 is 14.6 Å². The van der Waals surface area contributed by atoms with Gasteiger partial charge in [0.1, 0.15) is 0 Å². The number of aliphatic hydroxyl groups is 1. The van der Waals surface area contributed by atoms with E-state index in [4.69, 9.17) is 4.74 Å². The number of unbranched alkanes of at least 4 members (excludes halogenated alkanes) is 7. The van der Waals surface area contributed by atoms with E-state index < -0.39 is 11.3 Å². The first-order valence-corrected chi connectivity index (χ1v) is 9.47. The molecule has 2 N–H and O–H groups in total. The lowest BCUT2D eigenvalue weighted by molar-refractivity contribution is -0.156. The summed E-state index contributed by atoms with van der Waals surface area (Å²) >= 11 is 0. The highest BCUT2D eigenvalue weighted by molar-refractivity contribution is 5.72. The average molecular weight is 326 g/mol. The third-order valence-corrected chi connectivity index (χ3v) is 5.54. The van der Waals surface area contributed by atoms with Crippen LogP contribution in [0.3, 0.4) is 0 Å². The van der Waals surface area contributed by atoms with Crippen molar-refractivity contribution in [1.82, 2.24) is 10.2 Å². The van der Waals surface area contributed by atoms with Crippen molar-refractivity contribution in [1.29, 1.82) is 0 Å². The minimum atomic E-state index is -1.19. The number of ether oxygens (including phenoxy) is 1.